The number of fused-ring (bicyclic) bond motifs is 1. The standard InChI is InChI=1S/C18H24N2O/c1-21-9-8-18(6-7-18)13-20-12-16-10-14-4-2-3-5-15(14)11-17(16)19/h2-5,10-11,20H,6-9,12-13,19H2,1H3. The molecule has 112 valence electrons. The summed E-state index contributed by atoms with van der Waals surface area (Å²) in [6.07, 6.45) is 3.79. The number of hydrogen-bond acceptors (Lipinski definition) is 3. The Bertz CT molecular complexity index is 620. The fraction of sp³-hybridized carbons (Fsp3) is 0.444. The maximum atomic E-state index is 6.17. The lowest BCUT2D eigenvalue weighted by Gasteiger charge is -2.16. The normalized spacial score (nSPS) is 16.2. The smallest absolute Gasteiger partial charge is 0.0468 e. The number of nitrogens with one attached hydrogen (secondary N) is 1. The zero-order valence-corrected chi connectivity index (χ0v) is 12.7. The molecular formula is C18H24N2O. The van der Waals surface area contributed by atoms with Crippen LogP contribution in [-0.4, -0.2) is 20.3 Å². The predicted octanol–water partition coefficient (Wildman–Crippen LogP) is 3.33. The van der Waals surface area contributed by atoms with E-state index in [-0.39, 0.29) is 0 Å². The first-order valence-electron chi connectivity index (χ1n) is 7.69. The van der Waals surface area contributed by atoms with Crippen molar-refractivity contribution in [1.82, 2.24) is 5.32 Å². The van der Waals surface area contributed by atoms with E-state index in [1.807, 2.05) is 6.07 Å². The minimum Gasteiger partial charge on any atom is -0.398 e. The largest absolute Gasteiger partial charge is 0.398 e. The lowest BCUT2D eigenvalue weighted by atomic mass is 10.0. The predicted molar refractivity (Wildman–Crippen MR) is 88.2 cm³/mol. The molecule has 0 amide bonds. The van der Waals surface area contributed by atoms with Gasteiger partial charge in [0.25, 0.3) is 0 Å². The van der Waals surface area contributed by atoms with Crippen molar-refractivity contribution in [3.63, 3.8) is 0 Å². The molecule has 0 saturated heterocycles. The van der Waals surface area contributed by atoms with E-state index in [0.717, 1.165) is 31.8 Å². The van der Waals surface area contributed by atoms with Gasteiger partial charge in [-0.3, -0.25) is 0 Å². The average Bonchev–Trinajstić information content (AvgIpc) is 3.26. The lowest BCUT2D eigenvalue weighted by molar-refractivity contribution is 0.171. The molecule has 0 spiro atoms. The Morgan fingerprint density at radius 2 is 1.90 bits per heavy atom. The van der Waals surface area contributed by atoms with Crippen LogP contribution in [0.1, 0.15) is 24.8 Å². The van der Waals surface area contributed by atoms with Crippen molar-refractivity contribution in [3.05, 3.63) is 42.0 Å². The molecule has 21 heavy (non-hydrogen) atoms. The van der Waals surface area contributed by atoms with Crippen molar-refractivity contribution in [3.8, 4) is 0 Å². The topological polar surface area (TPSA) is 47.3 Å². The second-order valence-electron chi connectivity index (χ2n) is 6.24. The van der Waals surface area contributed by atoms with Crippen molar-refractivity contribution in [2.75, 3.05) is 26.0 Å². The third-order valence-electron chi connectivity index (χ3n) is 4.62. The van der Waals surface area contributed by atoms with Gasteiger partial charge in [-0.05, 0) is 53.1 Å². The summed E-state index contributed by atoms with van der Waals surface area (Å²) in [5, 5.41) is 6.04. The highest BCUT2D eigenvalue weighted by atomic mass is 16.5. The van der Waals surface area contributed by atoms with E-state index in [1.54, 1.807) is 7.11 Å². The number of hydrogen-bond donors (Lipinski definition) is 2. The highest BCUT2D eigenvalue weighted by Crippen LogP contribution is 2.48. The molecule has 3 rings (SSSR count). The van der Waals surface area contributed by atoms with Crippen LogP contribution >= 0.6 is 0 Å². The SMILES string of the molecule is COCCC1(CNCc2cc3ccccc3cc2N)CC1. The fourth-order valence-corrected chi connectivity index (χ4v) is 2.93. The zero-order valence-electron chi connectivity index (χ0n) is 12.7. The van der Waals surface area contributed by atoms with Crippen LogP contribution in [0.15, 0.2) is 36.4 Å². The van der Waals surface area contributed by atoms with Gasteiger partial charge in [-0.25, -0.2) is 0 Å². The number of nitrogens with two attached hydrogens (primary N) is 1. The molecule has 2 aromatic rings. The summed E-state index contributed by atoms with van der Waals surface area (Å²) < 4.78 is 5.20. The summed E-state index contributed by atoms with van der Waals surface area (Å²) in [5.41, 5.74) is 8.71. The van der Waals surface area contributed by atoms with E-state index < -0.39 is 0 Å². The van der Waals surface area contributed by atoms with E-state index in [0.29, 0.717) is 5.41 Å². The number of benzene rings is 2. The third kappa shape index (κ3) is 3.36. The molecule has 1 aliphatic rings. The molecule has 0 aromatic heterocycles. The quantitative estimate of drug-likeness (QED) is 0.767. The number of methoxy groups -OCH3 is 1. The van der Waals surface area contributed by atoms with Gasteiger partial charge in [0.2, 0.25) is 0 Å². The Morgan fingerprint density at radius 1 is 1.19 bits per heavy atom. The number of nitrogen functional groups attached to an aromatic ring is 1. The van der Waals surface area contributed by atoms with Crippen LogP contribution in [0, 0.1) is 5.41 Å². The molecule has 1 aliphatic carbocycles. The molecule has 3 N–H and O–H groups in total. The van der Waals surface area contributed by atoms with E-state index in [9.17, 15) is 0 Å². The molecule has 1 fully saturated rings. The monoisotopic (exact) mass is 284 g/mol. The van der Waals surface area contributed by atoms with E-state index in [4.69, 9.17) is 10.5 Å². The first-order valence-corrected chi connectivity index (χ1v) is 7.69. The van der Waals surface area contributed by atoms with Gasteiger partial charge in [0.1, 0.15) is 0 Å². The van der Waals surface area contributed by atoms with E-state index >= 15 is 0 Å². The minimum absolute atomic E-state index is 0.474. The molecule has 0 heterocycles. The van der Waals surface area contributed by atoms with Gasteiger partial charge >= 0.3 is 0 Å². The van der Waals surface area contributed by atoms with Crippen LogP contribution in [0.25, 0.3) is 10.8 Å². The molecule has 0 bridgehead atoms. The van der Waals surface area contributed by atoms with Crippen LogP contribution in [0.3, 0.4) is 0 Å². The summed E-state index contributed by atoms with van der Waals surface area (Å²) in [7, 11) is 1.78. The molecule has 0 radical (unpaired) electrons. The highest BCUT2D eigenvalue weighted by Gasteiger charge is 2.41. The molecule has 0 aliphatic heterocycles. The Hall–Kier alpha value is -1.58. The molecule has 2 aromatic carbocycles. The maximum absolute atomic E-state index is 6.17. The van der Waals surface area contributed by atoms with Crippen LogP contribution in [0.4, 0.5) is 5.69 Å². The minimum atomic E-state index is 0.474. The van der Waals surface area contributed by atoms with E-state index in [2.05, 4.69) is 35.6 Å². The summed E-state index contributed by atoms with van der Waals surface area (Å²) in [5.74, 6) is 0. The van der Waals surface area contributed by atoms with Crippen molar-refractivity contribution >= 4 is 16.5 Å². The van der Waals surface area contributed by atoms with Gasteiger partial charge in [0.15, 0.2) is 0 Å². The first kappa shape index (κ1) is 14.4. The van der Waals surface area contributed by atoms with Gasteiger partial charge in [0.05, 0.1) is 0 Å². The fourth-order valence-electron chi connectivity index (χ4n) is 2.93. The third-order valence-corrected chi connectivity index (χ3v) is 4.62. The lowest BCUT2D eigenvalue weighted by Crippen LogP contribution is -2.25. The van der Waals surface area contributed by atoms with E-state index in [1.165, 1.54) is 29.2 Å². The van der Waals surface area contributed by atoms with Crippen LogP contribution in [-0.2, 0) is 11.3 Å². The number of ether oxygens (including phenoxy) is 1. The molecular weight excluding hydrogens is 260 g/mol. The summed E-state index contributed by atoms with van der Waals surface area (Å²) in [6.45, 7) is 2.76. The second kappa shape index (κ2) is 6.04. The molecule has 3 nitrogen and oxygen atoms in total. The van der Waals surface area contributed by atoms with Gasteiger partial charge in [-0.1, -0.05) is 24.3 Å². The molecule has 0 atom stereocenters. The van der Waals surface area contributed by atoms with Crippen LogP contribution < -0.4 is 11.1 Å². The van der Waals surface area contributed by atoms with Crippen LogP contribution in [0.2, 0.25) is 0 Å². The van der Waals surface area contributed by atoms with Crippen molar-refractivity contribution in [2.24, 2.45) is 5.41 Å². The molecule has 3 heteroatoms. The van der Waals surface area contributed by atoms with Crippen LogP contribution in [0.5, 0.6) is 0 Å². The van der Waals surface area contributed by atoms with Crippen molar-refractivity contribution < 1.29 is 4.74 Å². The Morgan fingerprint density at radius 3 is 2.57 bits per heavy atom. The summed E-state index contributed by atoms with van der Waals surface area (Å²) in [4.78, 5) is 0. The number of rotatable bonds is 7. The molecule has 0 unspecified atom stereocenters. The Balaban J connectivity index is 1.61. The summed E-state index contributed by atoms with van der Waals surface area (Å²) >= 11 is 0. The van der Waals surface area contributed by atoms with Gasteiger partial charge in [-0.15, -0.1) is 0 Å². The maximum Gasteiger partial charge on any atom is 0.0468 e. The first-order chi connectivity index (χ1) is 10.2. The second-order valence-corrected chi connectivity index (χ2v) is 6.24. The van der Waals surface area contributed by atoms with Gasteiger partial charge < -0.3 is 15.8 Å². The molecule has 1 saturated carbocycles. The Kier molecular flexibility index (Phi) is 4.13. The van der Waals surface area contributed by atoms with Gasteiger partial charge in [-0.2, -0.15) is 0 Å². The zero-order chi connectivity index (χ0) is 14.7. The number of anilines is 1. The van der Waals surface area contributed by atoms with Crippen molar-refractivity contribution in [2.45, 2.75) is 25.8 Å². The summed E-state index contributed by atoms with van der Waals surface area (Å²) in [6, 6.07) is 12.6. The average molecular weight is 284 g/mol. The highest BCUT2D eigenvalue weighted by molar-refractivity contribution is 5.86. The van der Waals surface area contributed by atoms with Gasteiger partial charge in [0, 0.05) is 32.5 Å². The van der Waals surface area contributed by atoms with Crippen molar-refractivity contribution in [1.29, 1.82) is 0 Å². The Labute approximate surface area is 126 Å².